The van der Waals surface area contributed by atoms with Gasteiger partial charge in [0.1, 0.15) is 0 Å². The Balaban J connectivity index is 1.58. The number of aromatic nitrogens is 1. The summed E-state index contributed by atoms with van der Waals surface area (Å²) in [5.74, 6) is -1.84. The number of carbonyl (C=O) groups is 4. The zero-order valence-electron chi connectivity index (χ0n) is 18.2. The van der Waals surface area contributed by atoms with E-state index in [9.17, 15) is 19.2 Å². The van der Waals surface area contributed by atoms with Crippen LogP contribution in [0, 0.1) is 13.8 Å². The van der Waals surface area contributed by atoms with Crippen molar-refractivity contribution in [2.45, 2.75) is 33.7 Å². The summed E-state index contributed by atoms with van der Waals surface area (Å²) in [6.45, 7) is 6.22. The second-order valence-corrected chi connectivity index (χ2v) is 7.87. The first-order chi connectivity index (χ1) is 15.3. The molecule has 162 valence electrons. The number of esters is 1. The number of nitrogens with zero attached hydrogens (tertiary/aromatic N) is 1. The number of carbonyl (C=O) groups excluding carboxylic acids is 4. The maximum absolute atomic E-state index is 13.1. The highest BCUT2D eigenvalue weighted by molar-refractivity contribution is 6.30. The first-order valence-corrected chi connectivity index (χ1v) is 10.5. The van der Waals surface area contributed by atoms with Crippen molar-refractivity contribution in [2.24, 2.45) is 0 Å². The lowest BCUT2D eigenvalue weighted by Gasteiger charge is -2.19. The molecule has 1 heterocycles. The molecule has 0 bridgehead atoms. The van der Waals surface area contributed by atoms with Crippen LogP contribution in [-0.2, 0) is 11.3 Å². The number of hydrogen-bond donors (Lipinski definition) is 0. The number of hydrogen-bond acceptors (Lipinski definition) is 5. The molecule has 0 atom stereocenters. The molecule has 0 unspecified atom stereocenters. The van der Waals surface area contributed by atoms with E-state index in [4.69, 9.17) is 4.74 Å². The van der Waals surface area contributed by atoms with Gasteiger partial charge in [-0.1, -0.05) is 43.3 Å². The van der Waals surface area contributed by atoms with E-state index >= 15 is 0 Å². The summed E-state index contributed by atoms with van der Waals surface area (Å²) in [6.07, 6.45) is 0.938. The smallest absolute Gasteiger partial charge is 0.339 e. The van der Waals surface area contributed by atoms with Crippen LogP contribution in [0.4, 0.5) is 0 Å². The number of rotatable bonds is 6. The first-order valence-electron chi connectivity index (χ1n) is 10.5. The van der Waals surface area contributed by atoms with Crippen LogP contribution in [-0.4, -0.2) is 34.5 Å². The predicted octanol–water partition coefficient (Wildman–Crippen LogP) is 4.33. The maximum atomic E-state index is 13.1. The van der Waals surface area contributed by atoms with Crippen molar-refractivity contribution in [2.75, 3.05) is 6.61 Å². The van der Waals surface area contributed by atoms with Crippen LogP contribution in [0.5, 0.6) is 0 Å². The van der Waals surface area contributed by atoms with Gasteiger partial charge in [0.15, 0.2) is 18.2 Å². The average Bonchev–Trinajstić information content (AvgIpc) is 3.09. The summed E-state index contributed by atoms with van der Waals surface area (Å²) in [4.78, 5) is 51.5. The van der Waals surface area contributed by atoms with Crippen LogP contribution >= 0.6 is 0 Å². The molecule has 0 N–H and O–H groups in total. The van der Waals surface area contributed by atoms with Crippen molar-refractivity contribution in [3.8, 4) is 0 Å². The van der Waals surface area contributed by atoms with Gasteiger partial charge in [-0.2, -0.15) is 0 Å². The fourth-order valence-corrected chi connectivity index (χ4v) is 4.25. The minimum Gasteiger partial charge on any atom is -0.454 e. The van der Waals surface area contributed by atoms with Gasteiger partial charge in [0.25, 0.3) is 0 Å². The standard InChI is InChI=1S/C26H23NO5/c1-4-12-27-15(2)13-21(16(27)3)22(28)14-32-26(31)20-11-7-10-19-23(20)25(30)18-9-6-5-8-17(18)24(19)29/h5-11,13H,4,12,14H2,1-3H3. The molecule has 0 radical (unpaired) electrons. The van der Waals surface area contributed by atoms with E-state index in [1.54, 1.807) is 30.3 Å². The molecule has 1 aliphatic rings. The largest absolute Gasteiger partial charge is 0.454 e. The summed E-state index contributed by atoms with van der Waals surface area (Å²) in [6, 6.07) is 12.8. The van der Waals surface area contributed by atoms with Gasteiger partial charge in [-0.3, -0.25) is 14.4 Å². The normalized spacial score (nSPS) is 12.3. The lowest BCUT2D eigenvalue weighted by Crippen LogP contribution is -2.25. The number of ketones is 3. The first kappa shape index (κ1) is 21.4. The molecule has 1 aromatic heterocycles. The van der Waals surface area contributed by atoms with E-state index in [-0.39, 0.29) is 33.8 Å². The molecule has 3 aromatic rings. The summed E-state index contributed by atoms with van der Waals surface area (Å²) < 4.78 is 7.34. The van der Waals surface area contributed by atoms with Crippen molar-refractivity contribution < 1.29 is 23.9 Å². The van der Waals surface area contributed by atoms with Gasteiger partial charge in [-0.05, 0) is 32.4 Å². The topological polar surface area (TPSA) is 82.4 Å². The molecule has 0 amide bonds. The Labute approximate surface area is 185 Å². The summed E-state index contributed by atoms with van der Waals surface area (Å²) >= 11 is 0. The van der Waals surface area contributed by atoms with Gasteiger partial charge >= 0.3 is 5.97 Å². The number of ether oxygens (including phenoxy) is 1. The predicted molar refractivity (Wildman–Crippen MR) is 119 cm³/mol. The molecule has 4 rings (SSSR count). The molecular formula is C26H23NO5. The lowest BCUT2D eigenvalue weighted by atomic mass is 9.82. The van der Waals surface area contributed by atoms with Gasteiger partial charge in [-0.25, -0.2) is 4.79 Å². The molecule has 0 saturated heterocycles. The second-order valence-electron chi connectivity index (χ2n) is 7.87. The van der Waals surface area contributed by atoms with Crippen molar-refractivity contribution in [1.82, 2.24) is 4.57 Å². The van der Waals surface area contributed by atoms with Crippen LogP contribution in [0.15, 0.2) is 48.5 Å². The monoisotopic (exact) mass is 429 g/mol. The SMILES string of the molecule is CCCn1c(C)cc(C(=O)COC(=O)c2cccc3c2C(=O)c2ccccc2C3=O)c1C. The van der Waals surface area contributed by atoms with Crippen LogP contribution in [0.25, 0.3) is 0 Å². The van der Waals surface area contributed by atoms with Gasteiger partial charge in [0.2, 0.25) is 5.78 Å². The second kappa shape index (κ2) is 8.38. The van der Waals surface area contributed by atoms with Gasteiger partial charge in [0.05, 0.1) is 5.56 Å². The van der Waals surface area contributed by atoms with Crippen LogP contribution in [0.2, 0.25) is 0 Å². The molecule has 1 aliphatic carbocycles. The molecule has 0 spiro atoms. The third-order valence-electron chi connectivity index (χ3n) is 5.83. The Kier molecular flexibility index (Phi) is 5.61. The number of fused-ring (bicyclic) bond motifs is 2. The molecule has 2 aromatic carbocycles. The quantitative estimate of drug-likeness (QED) is 0.337. The van der Waals surface area contributed by atoms with E-state index in [2.05, 4.69) is 11.5 Å². The Morgan fingerprint density at radius 1 is 0.875 bits per heavy atom. The zero-order valence-corrected chi connectivity index (χ0v) is 18.2. The number of aryl methyl sites for hydroxylation is 1. The van der Waals surface area contributed by atoms with E-state index in [0.29, 0.717) is 11.1 Å². The highest BCUT2D eigenvalue weighted by Crippen LogP contribution is 2.30. The van der Waals surface area contributed by atoms with Crippen molar-refractivity contribution in [3.05, 3.63) is 93.3 Å². The van der Waals surface area contributed by atoms with Gasteiger partial charge < -0.3 is 9.30 Å². The van der Waals surface area contributed by atoms with Crippen molar-refractivity contribution in [1.29, 1.82) is 0 Å². The Bertz CT molecular complexity index is 1280. The molecular weight excluding hydrogens is 406 g/mol. The molecule has 6 nitrogen and oxygen atoms in total. The van der Waals surface area contributed by atoms with E-state index in [1.807, 2.05) is 13.8 Å². The third-order valence-corrected chi connectivity index (χ3v) is 5.83. The Morgan fingerprint density at radius 2 is 1.53 bits per heavy atom. The minimum atomic E-state index is -0.807. The van der Waals surface area contributed by atoms with E-state index in [0.717, 1.165) is 24.4 Å². The fraction of sp³-hybridized carbons (Fsp3) is 0.231. The van der Waals surface area contributed by atoms with Crippen molar-refractivity contribution >= 4 is 23.3 Å². The molecule has 0 fully saturated rings. The van der Waals surface area contributed by atoms with Gasteiger partial charge in [-0.15, -0.1) is 0 Å². The maximum Gasteiger partial charge on any atom is 0.339 e. The highest BCUT2D eigenvalue weighted by Gasteiger charge is 2.33. The minimum absolute atomic E-state index is 0.0143. The van der Waals surface area contributed by atoms with Crippen LogP contribution < -0.4 is 0 Å². The van der Waals surface area contributed by atoms with E-state index < -0.39 is 18.4 Å². The lowest BCUT2D eigenvalue weighted by molar-refractivity contribution is 0.0472. The summed E-state index contributed by atoms with van der Waals surface area (Å²) in [5.41, 5.74) is 3.06. The Hall–Kier alpha value is -3.80. The zero-order chi connectivity index (χ0) is 23.0. The summed E-state index contributed by atoms with van der Waals surface area (Å²) in [5, 5.41) is 0. The van der Waals surface area contributed by atoms with E-state index in [1.165, 1.54) is 18.2 Å². The number of benzene rings is 2. The summed E-state index contributed by atoms with van der Waals surface area (Å²) in [7, 11) is 0. The highest BCUT2D eigenvalue weighted by atomic mass is 16.5. The fourth-order valence-electron chi connectivity index (χ4n) is 4.25. The molecule has 6 heteroatoms. The Morgan fingerprint density at radius 3 is 2.22 bits per heavy atom. The van der Waals surface area contributed by atoms with Crippen LogP contribution in [0.3, 0.4) is 0 Å². The molecule has 0 saturated carbocycles. The third kappa shape index (κ3) is 3.47. The molecule has 32 heavy (non-hydrogen) atoms. The van der Waals surface area contributed by atoms with Crippen molar-refractivity contribution in [3.63, 3.8) is 0 Å². The van der Waals surface area contributed by atoms with Gasteiger partial charge in [0, 0.05) is 45.7 Å². The average molecular weight is 429 g/mol. The number of Topliss-reactive ketones (excluding diaryl/α,β-unsaturated/α-hetero) is 1. The molecule has 0 aliphatic heterocycles. The van der Waals surface area contributed by atoms with Crippen LogP contribution in [0.1, 0.15) is 77.3 Å².